The maximum Gasteiger partial charge on any atom is 0.327 e. The number of hydrogen-bond acceptors (Lipinski definition) is 4. The minimum absolute atomic E-state index is 0.00604. The Hall–Kier alpha value is -1.58. The van der Waals surface area contributed by atoms with Gasteiger partial charge < -0.3 is 4.90 Å². The number of amides is 2. The average Bonchev–Trinajstić information content (AvgIpc) is 2.82. The van der Waals surface area contributed by atoms with Gasteiger partial charge in [-0.1, -0.05) is 12.8 Å². The lowest BCUT2D eigenvalue weighted by molar-refractivity contribution is 0.0811. The summed E-state index contributed by atoms with van der Waals surface area (Å²) in [6.07, 6.45) is 6.51. The molecule has 2 rings (SSSR count). The van der Waals surface area contributed by atoms with Gasteiger partial charge in [0.1, 0.15) is 5.00 Å². The molecule has 1 saturated heterocycles. The van der Waals surface area contributed by atoms with Crippen molar-refractivity contribution >= 4 is 22.6 Å². The van der Waals surface area contributed by atoms with Crippen LogP contribution in [0.1, 0.15) is 32.0 Å². The third-order valence-corrected chi connectivity index (χ3v) is 4.98. The molecular weight excluding hydrogens is 284 g/mol. The molecule has 0 bridgehead atoms. The van der Waals surface area contributed by atoms with Crippen LogP contribution in [0, 0.1) is 19.3 Å². The van der Waals surface area contributed by atoms with Crippen LogP contribution in [-0.4, -0.2) is 46.1 Å². The molecule has 5 nitrogen and oxygen atoms in total. The van der Waals surface area contributed by atoms with Crippen molar-refractivity contribution in [2.45, 2.75) is 39.7 Å². The number of aryl methyl sites for hydroxylation is 1. The van der Waals surface area contributed by atoms with E-state index in [1.54, 1.807) is 16.8 Å². The van der Waals surface area contributed by atoms with Crippen molar-refractivity contribution in [2.24, 2.45) is 0 Å². The summed E-state index contributed by atoms with van der Waals surface area (Å²) in [4.78, 5) is 18.1. The van der Waals surface area contributed by atoms with E-state index in [-0.39, 0.29) is 6.03 Å². The summed E-state index contributed by atoms with van der Waals surface area (Å²) in [5.41, 5.74) is 1.74. The second kappa shape index (κ2) is 5.66. The zero-order chi connectivity index (χ0) is 15.8. The first-order valence-corrected chi connectivity index (χ1v) is 7.79. The van der Waals surface area contributed by atoms with Gasteiger partial charge in [-0.15, -0.1) is 6.42 Å². The van der Waals surface area contributed by atoms with Crippen LogP contribution in [0.3, 0.4) is 0 Å². The number of hydrogen-bond donors (Lipinski definition) is 0. The lowest BCUT2D eigenvalue weighted by Crippen LogP contribution is -2.62. The average molecular weight is 306 g/mol. The fourth-order valence-corrected chi connectivity index (χ4v) is 3.29. The molecule has 1 fully saturated rings. The van der Waals surface area contributed by atoms with E-state index in [1.165, 1.54) is 11.5 Å². The van der Waals surface area contributed by atoms with Crippen molar-refractivity contribution in [3.63, 3.8) is 0 Å². The molecule has 1 aromatic rings. The molecule has 0 saturated carbocycles. The molecule has 1 aromatic heterocycles. The second-order valence-corrected chi connectivity index (χ2v) is 6.60. The number of nitrogens with zero attached hydrogens (tertiary/aromatic N) is 4. The number of urea groups is 1. The molecule has 0 atom stereocenters. The Kier molecular flexibility index (Phi) is 4.26. The highest BCUT2D eigenvalue weighted by molar-refractivity contribution is 7.10. The lowest BCUT2D eigenvalue weighted by atomic mass is 10.1. The third-order valence-electron chi connectivity index (χ3n) is 3.97. The molecule has 0 aromatic carbocycles. The smallest absolute Gasteiger partial charge is 0.314 e. The van der Waals surface area contributed by atoms with Gasteiger partial charge in [0.2, 0.25) is 0 Å². The van der Waals surface area contributed by atoms with E-state index in [9.17, 15) is 4.79 Å². The molecule has 0 unspecified atom stereocenters. The molecule has 6 heteroatoms. The Morgan fingerprint density at radius 3 is 2.62 bits per heavy atom. The molecule has 2 amide bonds. The topological polar surface area (TPSA) is 39.7 Å². The fourth-order valence-electron chi connectivity index (χ4n) is 2.33. The van der Waals surface area contributed by atoms with Crippen LogP contribution in [0.2, 0.25) is 0 Å². The number of carbonyl (C=O) groups is 1. The summed E-state index contributed by atoms with van der Waals surface area (Å²) >= 11 is 1.38. The third kappa shape index (κ3) is 2.76. The number of anilines is 1. The first-order chi connectivity index (χ1) is 9.81. The zero-order valence-electron chi connectivity index (χ0n) is 13.3. The van der Waals surface area contributed by atoms with Crippen molar-refractivity contribution in [3.8, 4) is 12.3 Å². The first kappa shape index (κ1) is 15.8. The monoisotopic (exact) mass is 306 g/mol. The van der Waals surface area contributed by atoms with Gasteiger partial charge in [-0.2, -0.15) is 4.37 Å². The van der Waals surface area contributed by atoms with Crippen molar-refractivity contribution in [1.82, 2.24) is 14.2 Å². The summed E-state index contributed by atoms with van der Waals surface area (Å²) < 4.78 is 4.45. The van der Waals surface area contributed by atoms with Crippen LogP contribution in [0.15, 0.2) is 0 Å². The number of rotatable bonds is 3. The van der Waals surface area contributed by atoms with E-state index < -0.39 is 5.54 Å². The Labute approximate surface area is 130 Å². The van der Waals surface area contributed by atoms with E-state index in [0.717, 1.165) is 22.7 Å². The van der Waals surface area contributed by atoms with E-state index >= 15 is 0 Å². The maximum absolute atomic E-state index is 12.5. The fraction of sp³-hybridized carbons (Fsp3) is 0.600. The Morgan fingerprint density at radius 2 is 2.10 bits per heavy atom. The summed E-state index contributed by atoms with van der Waals surface area (Å²) in [7, 11) is 1.80. The van der Waals surface area contributed by atoms with E-state index in [1.807, 2.05) is 20.8 Å². The Bertz CT molecular complexity index is 587. The van der Waals surface area contributed by atoms with Gasteiger partial charge >= 0.3 is 6.03 Å². The van der Waals surface area contributed by atoms with Gasteiger partial charge in [-0.25, -0.2) is 4.79 Å². The van der Waals surface area contributed by atoms with Gasteiger partial charge in [0.15, 0.2) is 0 Å². The standard InChI is InChI=1S/C15H22N4OS/c1-7-12-11(3)13(21-16-12)19-10-18(15(4,5)8-2)9-17(6)14(19)20/h2H,7,9-10H2,1,3-6H3. The van der Waals surface area contributed by atoms with Crippen LogP contribution in [0.25, 0.3) is 0 Å². The number of terminal acetylenes is 1. The van der Waals surface area contributed by atoms with Gasteiger partial charge in [0.25, 0.3) is 0 Å². The lowest BCUT2D eigenvalue weighted by Gasteiger charge is -2.45. The van der Waals surface area contributed by atoms with Crippen LogP contribution in [0.5, 0.6) is 0 Å². The van der Waals surface area contributed by atoms with Crippen LogP contribution < -0.4 is 4.90 Å². The molecule has 0 radical (unpaired) electrons. The highest BCUT2D eigenvalue weighted by atomic mass is 32.1. The molecule has 0 spiro atoms. The van der Waals surface area contributed by atoms with Gasteiger partial charge in [0, 0.05) is 12.6 Å². The van der Waals surface area contributed by atoms with Crippen molar-refractivity contribution in [3.05, 3.63) is 11.3 Å². The summed E-state index contributed by atoms with van der Waals surface area (Å²) in [5.74, 6) is 2.80. The van der Waals surface area contributed by atoms with Gasteiger partial charge in [-0.05, 0) is 38.7 Å². The minimum atomic E-state index is -0.403. The maximum atomic E-state index is 12.5. The molecule has 21 heavy (non-hydrogen) atoms. The van der Waals surface area contributed by atoms with Crippen molar-refractivity contribution in [1.29, 1.82) is 0 Å². The zero-order valence-corrected chi connectivity index (χ0v) is 14.1. The highest BCUT2D eigenvalue weighted by Gasteiger charge is 2.37. The Morgan fingerprint density at radius 1 is 1.43 bits per heavy atom. The van der Waals surface area contributed by atoms with E-state index in [4.69, 9.17) is 6.42 Å². The predicted molar refractivity (Wildman–Crippen MR) is 86.4 cm³/mol. The molecular formula is C15H22N4OS. The largest absolute Gasteiger partial charge is 0.327 e. The summed E-state index contributed by atoms with van der Waals surface area (Å²) in [5, 5.41) is 0.918. The second-order valence-electron chi connectivity index (χ2n) is 5.85. The number of aromatic nitrogens is 1. The van der Waals surface area contributed by atoms with E-state index in [0.29, 0.717) is 13.3 Å². The van der Waals surface area contributed by atoms with Crippen molar-refractivity contribution in [2.75, 3.05) is 25.3 Å². The van der Waals surface area contributed by atoms with Crippen LogP contribution in [-0.2, 0) is 6.42 Å². The predicted octanol–water partition coefficient (Wildman–Crippen LogP) is 2.51. The molecule has 114 valence electrons. The highest BCUT2D eigenvalue weighted by Crippen LogP contribution is 2.32. The summed E-state index contributed by atoms with van der Waals surface area (Å²) in [6, 6.07) is -0.00604. The normalized spacial score (nSPS) is 17.2. The summed E-state index contributed by atoms with van der Waals surface area (Å²) in [6.45, 7) is 9.11. The van der Waals surface area contributed by atoms with Crippen molar-refractivity contribution < 1.29 is 4.79 Å². The Balaban J connectivity index is 2.35. The molecule has 1 aliphatic rings. The van der Waals surface area contributed by atoms with Crippen LogP contribution in [0.4, 0.5) is 9.80 Å². The van der Waals surface area contributed by atoms with Gasteiger partial charge in [0.05, 0.1) is 24.6 Å². The molecule has 0 aliphatic carbocycles. The van der Waals surface area contributed by atoms with Gasteiger partial charge in [-0.3, -0.25) is 9.80 Å². The quantitative estimate of drug-likeness (QED) is 0.806. The molecule has 2 heterocycles. The number of carbonyl (C=O) groups excluding carboxylic acids is 1. The van der Waals surface area contributed by atoms with E-state index in [2.05, 4.69) is 22.1 Å². The molecule has 0 N–H and O–H groups in total. The SMILES string of the molecule is C#CC(C)(C)N1CN(C)C(=O)N(c2snc(CC)c2C)C1. The first-order valence-electron chi connectivity index (χ1n) is 7.02. The van der Waals surface area contributed by atoms with Crippen LogP contribution >= 0.6 is 11.5 Å². The minimum Gasteiger partial charge on any atom is -0.314 e. The molecule has 1 aliphatic heterocycles.